The highest BCUT2D eigenvalue weighted by molar-refractivity contribution is 5.21. The maximum absolute atomic E-state index is 5.17. The van der Waals surface area contributed by atoms with Crippen LogP contribution in [0.15, 0.2) is 47.3 Å². The minimum absolute atomic E-state index is 0.522. The predicted octanol–water partition coefficient (Wildman–Crippen LogP) is 4.13. The molecule has 1 heterocycles. The second kappa shape index (κ2) is 7.91. The van der Waals surface area contributed by atoms with Crippen molar-refractivity contribution in [3.8, 4) is 0 Å². The first-order valence-corrected chi connectivity index (χ1v) is 7.58. The molecule has 2 nitrogen and oxygen atoms in total. The summed E-state index contributed by atoms with van der Waals surface area (Å²) >= 11 is 0. The quantitative estimate of drug-likeness (QED) is 0.781. The molecule has 1 aromatic carbocycles. The summed E-state index contributed by atoms with van der Waals surface area (Å²) in [5.74, 6) is 0. The number of hydrogen-bond acceptors (Lipinski definition) is 2. The van der Waals surface area contributed by atoms with Crippen LogP contribution >= 0.6 is 0 Å². The summed E-state index contributed by atoms with van der Waals surface area (Å²) in [5.41, 5.74) is 4.03. The Morgan fingerprint density at radius 3 is 2.55 bits per heavy atom. The van der Waals surface area contributed by atoms with Gasteiger partial charge in [-0.1, -0.05) is 36.8 Å². The molecule has 20 heavy (non-hydrogen) atoms. The average Bonchev–Trinajstić information content (AvgIpc) is 2.96. The van der Waals surface area contributed by atoms with E-state index < -0.39 is 0 Å². The van der Waals surface area contributed by atoms with E-state index in [-0.39, 0.29) is 0 Å². The van der Waals surface area contributed by atoms with Crippen LogP contribution in [0.5, 0.6) is 0 Å². The molecule has 0 amide bonds. The van der Waals surface area contributed by atoms with E-state index in [2.05, 4.69) is 49.5 Å². The highest BCUT2D eigenvalue weighted by atomic mass is 16.3. The Morgan fingerprint density at radius 1 is 1.10 bits per heavy atom. The summed E-state index contributed by atoms with van der Waals surface area (Å²) in [6, 6.07) is 11.5. The van der Waals surface area contributed by atoms with Crippen molar-refractivity contribution in [2.45, 2.75) is 45.6 Å². The van der Waals surface area contributed by atoms with E-state index >= 15 is 0 Å². The van der Waals surface area contributed by atoms with Crippen molar-refractivity contribution in [3.63, 3.8) is 0 Å². The van der Waals surface area contributed by atoms with Crippen LogP contribution in [0.25, 0.3) is 0 Å². The molecule has 1 N–H and O–H groups in total. The molecular formula is C18H25NO. The summed E-state index contributed by atoms with van der Waals surface area (Å²) in [6.45, 7) is 5.42. The van der Waals surface area contributed by atoms with Gasteiger partial charge in [0.05, 0.1) is 12.5 Å². The standard InChI is InChI=1S/C18H25NO/c1-3-11-19-18(13-17-10-12-20-14-17)9-8-16-6-4-15(2)5-7-16/h4-7,10,12,14,18-19H,3,8-9,11,13H2,1-2H3. The molecule has 0 bridgehead atoms. The van der Waals surface area contributed by atoms with E-state index in [1.54, 1.807) is 6.26 Å². The summed E-state index contributed by atoms with van der Waals surface area (Å²) in [7, 11) is 0. The van der Waals surface area contributed by atoms with Crippen LogP contribution in [0.2, 0.25) is 0 Å². The van der Waals surface area contributed by atoms with Crippen molar-refractivity contribution < 1.29 is 4.42 Å². The van der Waals surface area contributed by atoms with Gasteiger partial charge in [0.2, 0.25) is 0 Å². The molecule has 2 aromatic rings. The molecule has 2 heteroatoms. The highest BCUT2D eigenvalue weighted by Gasteiger charge is 2.10. The predicted molar refractivity (Wildman–Crippen MR) is 84.0 cm³/mol. The summed E-state index contributed by atoms with van der Waals surface area (Å²) in [4.78, 5) is 0. The fraction of sp³-hybridized carbons (Fsp3) is 0.444. The largest absolute Gasteiger partial charge is 0.472 e. The molecule has 0 aliphatic rings. The van der Waals surface area contributed by atoms with Crippen LogP contribution in [-0.2, 0) is 12.8 Å². The van der Waals surface area contributed by atoms with E-state index in [0.717, 1.165) is 25.8 Å². The smallest absolute Gasteiger partial charge is 0.0935 e. The van der Waals surface area contributed by atoms with Crippen molar-refractivity contribution in [1.82, 2.24) is 5.32 Å². The monoisotopic (exact) mass is 271 g/mol. The Labute approximate surface area is 122 Å². The van der Waals surface area contributed by atoms with Gasteiger partial charge in [-0.05, 0) is 56.3 Å². The molecule has 0 spiro atoms. The minimum atomic E-state index is 0.522. The third-order valence-corrected chi connectivity index (χ3v) is 3.65. The summed E-state index contributed by atoms with van der Waals surface area (Å²) < 4.78 is 5.17. The fourth-order valence-corrected chi connectivity index (χ4v) is 2.41. The van der Waals surface area contributed by atoms with Crippen molar-refractivity contribution in [1.29, 1.82) is 0 Å². The molecule has 108 valence electrons. The lowest BCUT2D eigenvalue weighted by molar-refractivity contribution is 0.474. The fourth-order valence-electron chi connectivity index (χ4n) is 2.41. The number of nitrogens with one attached hydrogen (secondary N) is 1. The lowest BCUT2D eigenvalue weighted by atomic mass is 10.00. The maximum atomic E-state index is 5.17. The van der Waals surface area contributed by atoms with Gasteiger partial charge in [0.15, 0.2) is 0 Å². The van der Waals surface area contributed by atoms with E-state index in [9.17, 15) is 0 Å². The Balaban J connectivity index is 1.87. The number of furan rings is 1. The highest BCUT2D eigenvalue weighted by Crippen LogP contribution is 2.11. The lowest BCUT2D eigenvalue weighted by Crippen LogP contribution is -2.32. The summed E-state index contributed by atoms with van der Waals surface area (Å²) in [5, 5.41) is 3.65. The van der Waals surface area contributed by atoms with Crippen LogP contribution < -0.4 is 5.32 Å². The van der Waals surface area contributed by atoms with Gasteiger partial charge in [0, 0.05) is 6.04 Å². The zero-order valence-electron chi connectivity index (χ0n) is 12.6. The second-order valence-electron chi connectivity index (χ2n) is 5.51. The molecule has 0 aliphatic carbocycles. The molecule has 1 unspecified atom stereocenters. The van der Waals surface area contributed by atoms with Gasteiger partial charge in [-0.3, -0.25) is 0 Å². The van der Waals surface area contributed by atoms with E-state index in [0.29, 0.717) is 6.04 Å². The molecule has 1 atom stereocenters. The molecular weight excluding hydrogens is 246 g/mol. The Hall–Kier alpha value is -1.54. The molecule has 0 aliphatic heterocycles. The van der Waals surface area contributed by atoms with Gasteiger partial charge in [-0.15, -0.1) is 0 Å². The van der Waals surface area contributed by atoms with E-state index in [1.807, 2.05) is 6.26 Å². The lowest BCUT2D eigenvalue weighted by Gasteiger charge is -2.18. The van der Waals surface area contributed by atoms with Crippen molar-refractivity contribution >= 4 is 0 Å². The molecule has 0 fully saturated rings. The van der Waals surface area contributed by atoms with Crippen LogP contribution in [-0.4, -0.2) is 12.6 Å². The van der Waals surface area contributed by atoms with Gasteiger partial charge in [-0.25, -0.2) is 0 Å². The van der Waals surface area contributed by atoms with Gasteiger partial charge in [0.25, 0.3) is 0 Å². The van der Waals surface area contributed by atoms with E-state index in [1.165, 1.54) is 23.1 Å². The zero-order valence-corrected chi connectivity index (χ0v) is 12.6. The van der Waals surface area contributed by atoms with Crippen LogP contribution in [0.1, 0.15) is 36.5 Å². The van der Waals surface area contributed by atoms with Gasteiger partial charge in [-0.2, -0.15) is 0 Å². The number of benzene rings is 1. The molecule has 0 saturated carbocycles. The molecule has 0 saturated heterocycles. The number of rotatable bonds is 8. The van der Waals surface area contributed by atoms with Gasteiger partial charge < -0.3 is 9.73 Å². The van der Waals surface area contributed by atoms with E-state index in [4.69, 9.17) is 4.42 Å². The molecule has 0 radical (unpaired) electrons. The first-order chi connectivity index (χ1) is 9.78. The topological polar surface area (TPSA) is 25.2 Å². The Bertz CT molecular complexity index is 473. The number of aryl methyl sites for hydroxylation is 2. The normalized spacial score (nSPS) is 12.5. The van der Waals surface area contributed by atoms with Crippen LogP contribution in [0, 0.1) is 6.92 Å². The maximum Gasteiger partial charge on any atom is 0.0935 e. The Kier molecular flexibility index (Phi) is 5.87. The third kappa shape index (κ3) is 4.86. The minimum Gasteiger partial charge on any atom is -0.472 e. The second-order valence-corrected chi connectivity index (χ2v) is 5.51. The van der Waals surface area contributed by atoms with Crippen LogP contribution in [0.4, 0.5) is 0 Å². The number of hydrogen-bond donors (Lipinski definition) is 1. The van der Waals surface area contributed by atoms with Crippen molar-refractivity contribution in [3.05, 3.63) is 59.5 Å². The van der Waals surface area contributed by atoms with Gasteiger partial charge in [0.1, 0.15) is 0 Å². The Morgan fingerprint density at radius 2 is 1.90 bits per heavy atom. The molecule has 1 aromatic heterocycles. The average molecular weight is 271 g/mol. The molecule has 2 rings (SSSR count). The third-order valence-electron chi connectivity index (χ3n) is 3.65. The van der Waals surface area contributed by atoms with Crippen molar-refractivity contribution in [2.24, 2.45) is 0 Å². The SMILES string of the molecule is CCCNC(CCc1ccc(C)cc1)Cc1ccoc1. The van der Waals surface area contributed by atoms with Gasteiger partial charge >= 0.3 is 0 Å². The zero-order chi connectivity index (χ0) is 14.2. The first kappa shape index (κ1) is 14.9. The first-order valence-electron chi connectivity index (χ1n) is 7.58. The van der Waals surface area contributed by atoms with Crippen molar-refractivity contribution in [2.75, 3.05) is 6.54 Å². The summed E-state index contributed by atoms with van der Waals surface area (Å²) in [6.07, 6.45) is 8.11. The van der Waals surface area contributed by atoms with Crippen LogP contribution in [0.3, 0.4) is 0 Å².